The third kappa shape index (κ3) is 7.02. The van der Waals surface area contributed by atoms with Crippen LogP contribution in [-0.2, 0) is 10.2 Å². The van der Waals surface area contributed by atoms with Gasteiger partial charge in [0.1, 0.15) is 17.5 Å². The molecule has 0 saturated carbocycles. The van der Waals surface area contributed by atoms with Gasteiger partial charge in [0.2, 0.25) is 5.95 Å². The second-order valence-corrected chi connectivity index (χ2v) is 12.4. The molecule has 1 aromatic heterocycles. The van der Waals surface area contributed by atoms with Gasteiger partial charge in [0.15, 0.2) is 5.11 Å². The van der Waals surface area contributed by atoms with E-state index in [2.05, 4.69) is 68.7 Å². The molecule has 0 aliphatic carbocycles. The van der Waals surface area contributed by atoms with Crippen molar-refractivity contribution in [2.24, 2.45) is 0 Å². The van der Waals surface area contributed by atoms with Crippen LogP contribution in [-0.4, -0.2) is 73.6 Å². The highest BCUT2D eigenvalue weighted by atomic mass is 32.1. The third-order valence-corrected chi connectivity index (χ3v) is 9.49. The van der Waals surface area contributed by atoms with E-state index in [1.807, 2.05) is 12.1 Å². The number of piperidine rings is 1. The number of halogens is 1. The minimum absolute atomic E-state index is 0.187. The van der Waals surface area contributed by atoms with E-state index in [0.717, 1.165) is 75.6 Å². The maximum atomic E-state index is 13.7. The average Bonchev–Trinajstić information content (AvgIpc) is 3.05. The van der Waals surface area contributed by atoms with E-state index in [1.54, 1.807) is 0 Å². The number of benzene rings is 2. The fraction of sp³-hybridized carbons (Fsp3) is 0.485. The number of rotatable bonds is 7. The van der Waals surface area contributed by atoms with Crippen molar-refractivity contribution in [3.05, 3.63) is 72.0 Å². The normalized spacial score (nSPS) is 20.5. The highest BCUT2D eigenvalue weighted by Crippen LogP contribution is 2.34. The van der Waals surface area contributed by atoms with Crippen molar-refractivity contribution in [1.29, 1.82) is 0 Å². The molecule has 2 N–H and O–H groups in total. The average molecular weight is 604 g/mol. The van der Waals surface area contributed by atoms with Gasteiger partial charge in [-0.25, -0.2) is 4.39 Å². The van der Waals surface area contributed by atoms with Gasteiger partial charge in [0.25, 0.3) is 0 Å². The summed E-state index contributed by atoms with van der Waals surface area (Å²) in [7, 11) is 0. The molecule has 0 amide bonds. The number of ether oxygens (including phenoxy) is 1. The molecule has 0 unspecified atom stereocenters. The van der Waals surface area contributed by atoms with Crippen LogP contribution in [0.25, 0.3) is 0 Å². The van der Waals surface area contributed by atoms with E-state index < -0.39 is 0 Å². The van der Waals surface area contributed by atoms with E-state index in [0.29, 0.717) is 36.9 Å². The van der Waals surface area contributed by atoms with Crippen LogP contribution in [0.15, 0.2) is 60.7 Å². The summed E-state index contributed by atoms with van der Waals surface area (Å²) in [6.45, 7) is 8.84. The van der Waals surface area contributed by atoms with Crippen molar-refractivity contribution in [2.75, 3.05) is 72.5 Å². The predicted molar refractivity (Wildman–Crippen MR) is 176 cm³/mol. The Labute approximate surface area is 259 Å². The number of para-hydroxylation sites is 1. The molecule has 1 atom stereocenters. The van der Waals surface area contributed by atoms with Gasteiger partial charge >= 0.3 is 0 Å². The Hall–Kier alpha value is -3.50. The first-order chi connectivity index (χ1) is 21.0. The molecular formula is C33H42FN7OS. The van der Waals surface area contributed by atoms with Crippen LogP contribution in [0.5, 0.6) is 0 Å². The van der Waals surface area contributed by atoms with Crippen LogP contribution in [0, 0.1) is 5.82 Å². The molecule has 2 aromatic carbocycles. The molecule has 3 aliphatic heterocycles. The van der Waals surface area contributed by atoms with Crippen molar-refractivity contribution in [3.63, 3.8) is 0 Å². The number of hydrogen-bond donors (Lipinski definition) is 2. The number of anilines is 4. The van der Waals surface area contributed by atoms with Gasteiger partial charge < -0.3 is 30.1 Å². The molecule has 3 saturated heterocycles. The first-order valence-electron chi connectivity index (χ1n) is 15.6. The van der Waals surface area contributed by atoms with Gasteiger partial charge in [-0.15, -0.1) is 0 Å². The molecule has 0 bridgehead atoms. The van der Waals surface area contributed by atoms with Crippen molar-refractivity contribution in [2.45, 2.75) is 50.5 Å². The summed E-state index contributed by atoms with van der Waals surface area (Å²) < 4.78 is 19.4. The Kier molecular flexibility index (Phi) is 9.23. The van der Waals surface area contributed by atoms with Crippen LogP contribution < -0.4 is 25.3 Å². The van der Waals surface area contributed by atoms with Crippen LogP contribution >= 0.6 is 12.2 Å². The predicted octanol–water partition coefficient (Wildman–Crippen LogP) is 5.36. The van der Waals surface area contributed by atoms with Gasteiger partial charge in [-0.3, -0.25) is 0 Å². The maximum absolute atomic E-state index is 13.7. The minimum Gasteiger partial charge on any atom is -0.381 e. The van der Waals surface area contributed by atoms with Crippen molar-refractivity contribution < 1.29 is 9.13 Å². The first-order valence-corrected chi connectivity index (χ1v) is 16.0. The lowest BCUT2D eigenvalue weighted by Crippen LogP contribution is -2.47. The van der Waals surface area contributed by atoms with E-state index in [-0.39, 0.29) is 11.2 Å². The van der Waals surface area contributed by atoms with Gasteiger partial charge in [0, 0.05) is 75.7 Å². The Bertz CT molecular complexity index is 1360. The van der Waals surface area contributed by atoms with Crippen molar-refractivity contribution >= 4 is 40.6 Å². The first kappa shape index (κ1) is 29.6. The molecule has 3 aliphatic rings. The van der Waals surface area contributed by atoms with E-state index in [4.69, 9.17) is 26.9 Å². The number of nitrogens with one attached hydrogen (secondary N) is 2. The van der Waals surface area contributed by atoms with Crippen molar-refractivity contribution in [3.8, 4) is 0 Å². The Morgan fingerprint density at radius 1 is 0.930 bits per heavy atom. The molecule has 228 valence electrons. The van der Waals surface area contributed by atoms with Crippen LogP contribution in [0.2, 0.25) is 0 Å². The molecule has 4 heterocycles. The van der Waals surface area contributed by atoms with Gasteiger partial charge in [-0.2, -0.15) is 9.97 Å². The molecule has 3 fully saturated rings. The number of aromatic nitrogens is 2. The van der Waals surface area contributed by atoms with E-state index in [1.165, 1.54) is 24.2 Å². The summed E-state index contributed by atoms with van der Waals surface area (Å²) in [5, 5.41) is 7.24. The molecular weight excluding hydrogens is 561 g/mol. The summed E-state index contributed by atoms with van der Waals surface area (Å²) in [5.41, 5.74) is 2.17. The fourth-order valence-corrected chi connectivity index (χ4v) is 6.75. The lowest BCUT2D eigenvalue weighted by molar-refractivity contribution is 0.0515. The lowest BCUT2D eigenvalue weighted by Gasteiger charge is -2.38. The molecule has 8 nitrogen and oxygen atoms in total. The standard InChI is InChI=1S/C33H42FN7OS/c1-25-7-5-6-16-41(25)30-23-29(40-19-17-39(18-20-40)28-8-3-2-4-9-28)36-31(37-30)38-32(43)35-24-33(14-21-42-22-15-33)26-10-12-27(34)13-11-26/h2-4,8-13,23,25H,5-7,14-22,24H2,1H3,(H2,35,36,37,38,43)/t25-/m1/s1. The quantitative estimate of drug-likeness (QED) is 0.348. The highest BCUT2D eigenvalue weighted by Gasteiger charge is 2.35. The lowest BCUT2D eigenvalue weighted by atomic mass is 9.74. The number of thiocarbonyl (C=S) groups is 1. The summed E-state index contributed by atoms with van der Waals surface area (Å²) in [4.78, 5) is 17.1. The van der Waals surface area contributed by atoms with Crippen LogP contribution in [0.3, 0.4) is 0 Å². The largest absolute Gasteiger partial charge is 0.381 e. The SMILES string of the molecule is C[C@@H]1CCCCN1c1cc(N2CCN(c3ccccc3)CC2)nc(NC(=S)NCC2(c3ccc(F)cc3)CCOCC2)n1. The van der Waals surface area contributed by atoms with Crippen LogP contribution in [0.4, 0.5) is 27.7 Å². The number of piperazine rings is 1. The Morgan fingerprint density at radius 2 is 1.63 bits per heavy atom. The molecule has 3 aromatic rings. The minimum atomic E-state index is -0.228. The molecule has 0 spiro atoms. The molecule has 0 radical (unpaired) electrons. The number of hydrogen-bond acceptors (Lipinski definition) is 7. The number of nitrogens with zero attached hydrogens (tertiary/aromatic N) is 5. The van der Waals surface area contributed by atoms with Gasteiger partial charge in [0.05, 0.1) is 0 Å². The van der Waals surface area contributed by atoms with E-state index in [9.17, 15) is 4.39 Å². The second-order valence-electron chi connectivity index (χ2n) is 12.0. The monoisotopic (exact) mass is 603 g/mol. The second kappa shape index (κ2) is 13.4. The van der Waals surface area contributed by atoms with E-state index >= 15 is 0 Å². The zero-order valence-corrected chi connectivity index (χ0v) is 25.8. The summed E-state index contributed by atoms with van der Waals surface area (Å²) in [6.07, 6.45) is 5.25. The third-order valence-electron chi connectivity index (χ3n) is 9.24. The topological polar surface area (TPSA) is 68.8 Å². The van der Waals surface area contributed by atoms with Gasteiger partial charge in [-0.05, 0) is 81.1 Å². The fourth-order valence-electron chi connectivity index (χ4n) is 6.59. The zero-order valence-electron chi connectivity index (χ0n) is 25.0. The molecule has 43 heavy (non-hydrogen) atoms. The highest BCUT2D eigenvalue weighted by molar-refractivity contribution is 7.80. The summed E-state index contributed by atoms with van der Waals surface area (Å²) >= 11 is 5.79. The summed E-state index contributed by atoms with van der Waals surface area (Å²) in [5.74, 6) is 2.15. The smallest absolute Gasteiger partial charge is 0.232 e. The van der Waals surface area contributed by atoms with Crippen LogP contribution in [0.1, 0.15) is 44.6 Å². The molecule has 6 rings (SSSR count). The summed E-state index contributed by atoms with van der Waals surface area (Å²) in [6, 6.07) is 20.0. The Balaban J connectivity index is 1.18. The molecule has 10 heteroatoms. The van der Waals surface area contributed by atoms with Crippen molar-refractivity contribution in [1.82, 2.24) is 15.3 Å². The Morgan fingerprint density at radius 3 is 2.35 bits per heavy atom. The maximum Gasteiger partial charge on any atom is 0.232 e. The zero-order chi connectivity index (χ0) is 29.6. The van der Waals surface area contributed by atoms with Gasteiger partial charge in [-0.1, -0.05) is 30.3 Å².